The third kappa shape index (κ3) is 1.85. The van der Waals surface area contributed by atoms with Gasteiger partial charge in [-0.25, -0.2) is 9.67 Å². The Labute approximate surface area is 103 Å². The Kier molecular flexibility index (Phi) is 2.45. The zero-order chi connectivity index (χ0) is 11.7. The molecule has 6 heteroatoms. The fourth-order valence-electron chi connectivity index (χ4n) is 1.58. The van der Waals surface area contributed by atoms with Crippen LogP contribution in [0.15, 0.2) is 43.1 Å². The number of rotatable bonds is 2. The second-order valence-electron chi connectivity index (χ2n) is 3.48. The highest BCUT2D eigenvalue weighted by atomic mass is 35.5. The van der Waals surface area contributed by atoms with E-state index >= 15 is 0 Å². The van der Waals surface area contributed by atoms with Gasteiger partial charge < -0.3 is 10.1 Å². The van der Waals surface area contributed by atoms with Crippen molar-refractivity contribution in [2.24, 2.45) is 0 Å². The molecular formula is C11H9ClN4O. The predicted molar refractivity (Wildman–Crippen MR) is 62.5 cm³/mol. The third-order valence-electron chi connectivity index (χ3n) is 2.36. The standard InChI is InChI=1S/C11H9ClN4O/c12-8-2-1-4-13-10(8)16-6-3-9(15-16)11-14-5-7-17-11/h1-7,11,14H. The van der Waals surface area contributed by atoms with Gasteiger partial charge in [0.15, 0.2) is 5.82 Å². The van der Waals surface area contributed by atoms with E-state index in [4.69, 9.17) is 16.3 Å². The molecule has 3 rings (SSSR count). The van der Waals surface area contributed by atoms with Crippen LogP contribution in [0, 0.1) is 0 Å². The third-order valence-corrected chi connectivity index (χ3v) is 2.66. The van der Waals surface area contributed by atoms with Crippen molar-refractivity contribution < 1.29 is 4.74 Å². The molecule has 0 fully saturated rings. The summed E-state index contributed by atoms with van der Waals surface area (Å²) < 4.78 is 6.92. The minimum Gasteiger partial charge on any atom is -0.471 e. The fraction of sp³-hybridized carbons (Fsp3) is 0.0909. The SMILES string of the molecule is Clc1cccnc1-n1ccc(C2NC=CO2)n1. The molecule has 1 aliphatic rings. The summed E-state index contributed by atoms with van der Waals surface area (Å²) in [5.41, 5.74) is 0.775. The smallest absolute Gasteiger partial charge is 0.214 e. The largest absolute Gasteiger partial charge is 0.471 e. The number of nitrogens with zero attached hydrogens (tertiary/aromatic N) is 3. The van der Waals surface area contributed by atoms with Crippen LogP contribution in [0.5, 0.6) is 0 Å². The van der Waals surface area contributed by atoms with Crippen molar-refractivity contribution >= 4 is 11.6 Å². The Morgan fingerprint density at radius 1 is 1.41 bits per heavy atom. The van der Waals surface area contributed by atoms with Gasteiger partial charge >= 0.3 is 0 Å². The lowest BCUT2D eigenvalue weighted by Crippen LogP contribution is -2.12. The van der Waals surface area contributed by atoms with Crippen molar-refractivity contribution in [3.05, 3.63) is 53.8 Å². The van der Waals surface area contributed by atoms with Crippen LogP contribution in [-0.2, 0) is 4.74 Å². The number of hydrogen-bond donors (Lipinski definition) is 1. The van der Waals surface area contributed by atoms with Crippen molar-refractivity contribution in [1.82, 2.24) is 20.1 Å². The fourth-order valence-corrected chi connectivity index (χ4v) is 1.79. The van der Waals surface area contributed by atoms with Crippen LogP contribution in [-0.4, -0.2) is 14.8 Å². The first kappa shape index (κ1) is 10.2. The second kappa shape index (κ2) is 4.10. The molecular weight excluding hydrogens is 240 g/mol. The van der Waals surface area contributed by atoms with Crippen molar-refractivity contribution in [2.75, 3.05) is 0 Å². The van der Waals surface area contributed by atoms with Crippen LogP contribution in [0.3, 0.4) is 0 Å². The molecule has 0 radical (unpaired) electrons. The second-order valence-corrected chi connectivity index (χ2v) is 3.89. The molecule has 0 saturated carbocycles. The molecule has 2 aromatic heterocycles. The van der Waals surface area contributed by atoms with Crippen LogP contribution in [0.4, 0.5) is 0 Å². The lowest BCUT2D eigenvalue weighted by molar-refractivity contribution is 0.150. The lowest BCUT2D eigenvalue weighted by atomic mass is 10.4. The van der Waals surface area contributed by atoms with Crippen molar-refractivity contribution in [1.29, 1.82) is 0 Å². The number of nitrogens with one attached hydrogen (secondary N) is 1. The molecule has 1 unspecified atom stereocenters. The van der Waals surface area contributed by atoms with E-state index in [-0.39, 0.29) is 6.23 Å². The molecule has 1 aliphatic heterocycles. The van der Waals surface area contributed by atoms with Crippen molar-refractivity contribution in [3.63, 3.8) is 0 Å². The van der Waals surface area contributed by atoms with Gasteiger partial charge in [-0.1, -0.05) is 11.6 Å². The van der Waals surface area contributed by atoms with Gasteiger partial charge in [-0.05, 0) is 18.2 Å². The molecule has 5 nitrogen and oxygen atoms in total. The van der Waals surface area contributed by atoms with E-state index in [2.05, 4.69) is 15.4 Å². The Bertz CT molecular complexity index is 558. The first-order chi connectivity index (χ1) is 8.34. The maximum atomic E-state index is 6.05. The van der Waals surface area contributed by atoms with E-state index in [1.807, 2.05) is 6.07 Å². The molecule has 0 bridgehead atoms. The van der Waals surface area contributed by atoms with Gasteiger partial charge in [0.2, 0.25) is 6.23 Å². The number of hydrogen-bond acceptors (Lipinski definition) is 4. The van der Waals surface area contributed by atoms with E-state index in [0.29, 0.717) is 10.8 Å². The van der Waals surface area contributed by atoms with Gasteiger partial charge in [-0.15, -0.1) is 0 Å². The number of pyridine rings is 1. The van der Waals surface area contributed by atoms with Crippen LogP contribution in [0.1, 0.15) is 11.9 Å². The van der Waals surface area contributed by atoms with E-state index in [0.717, 1.165) is 5.69 Å². The van der Waals surface area contributed by atoms with Gasteiger partial charge in [0.25, 0.3) is 0 Å². The molecule has 1 N–H and O–H groups in total. The van der Waals surface area contributed by atoms with Crippen LogP contribution < -0.4 is 5.32 Å². The highest BCUT2D eigenvalue weighted by Gasteiger charge is 2.17. The number of aromatic nitrogens is 3. The first-order valence-electron chi connectivity index (χ1n) is 5.07. The molecule has 0 saturated heterocycles. The highest BCUT2D eigenvalue weighted by molar-refractivity contribution is 6.32. The predicted octanol–water partition coefficient (Wildman–Crippen LogP) is 2.01. The van der Waals surface area contributed by atoms with Gasteiger partial charge in [0.05, 0.1) is 5.02 Å². The van der Waals surface area contributed by atoms with Crippen molar-refractivity contribution in [3.8, 4) is 5.82 Å². The van der Waals surface area contributed by atoms with Gasteiger partial charge in [0, 0.05) is 18.6 Å². The average molecular weight is 249 g/mol. The minimum atomic E-state index is -0.237. The van der Waals surface area contributed by atoms with Gasteiger partial charge in [0.1, 0.15) is 12.0 Å². The first-order valence-corrected chi connectivity index (χ1v) is 5.45. The molecule has 0 spiro atoms. The molecule has 1 atom stereocenters. The maximum absolute atomic E-state index is 6.05. The minimum absolute atomic E-state index is 0.237. The zero-order valence-corrected chi connectivity index (χ0v) is 9.50. The number of halogens is 1. The summed E-state index contributed by atoms with van der Waals surface area (Å²) in [6, 6.07) is 5.41. The topological polar surface area (TPSA) is 52.0 Å². The molecule has 17 heavy (non-hydrogen) atoms. The monoisotopic (exact) mass is 248 g/mol. The Hall–Kier alpha value is -2.01. The Balaban J connectivity index is 1.92. The number of ether oxygens (including phenoxy) is 1. The summed E-state index contributed by atoms with van der Waals surface area (Å²) in [6.45, 7) is 0. The Morgan fingerprint density at radius 2 is 2.35 bits per heavy atom. The highest BCUT2D eigenvalue weighted by Crippen LogP contribution is 2.20. The molecule has 86 valence electrons. The van der Waals surface area contributed by atoms with Crippen LogP contribution in [0.25, 0.3) is 5.82 Å². The van der Waals surface area contributed by atoms with Crippen molar-refractivity contribution in [2.45, 2.75) is 6.23 Å². The molecule has 3 heterocycles. The zero-order valence-electron chi connectivity index (χ0n) is 8.75. The van der Waals surface area contributed by atoms with Crippen LogP contribution >= 0.6 is 11.6 Å². The summed E-state index contributed by atoms with van der Waals surface area (Å²) in [5, 5.41) is 7.94. The normalized spacial score (nSPS) is 17.8. The Morgan fingerprint density at radius 3 is 3.12 bits per heavy atom. The lowest BCUT2D eigenvalue weighted by Gasteiger charge is -2.07. The van der Waals surface area contributed by atoms with E-state index in [1.54, 1.807) is 41.7 Å². The average Bonchev–Trinajstić information content (AvgIpc) is 3.00. The van der Waals surface area contributed by atoms with E-state index in [9.17, 15) is 0 Å². The molecule has 0 amide bonds. The molecule has 0 aliphatic carbocycles. The summed E-state index contributed by atoms with van der Waals surface area (Å²) in [4.78, 5) is 4.18. The van der Waals surface area contributed by atoms with E-state index in [1.165, 1.54) is 0 Å². The van der Waals surface area contributed by atoms with Gasteiger partial charge in [-0.3, -0.25) is 0 Å². The van der Waals surface area contributed by atoms with Gasteiger partial charge in [-0.2, -0.15) is 5.10 Å². The van der Waals surface area contributed by atoms with Crippen LogP contribution in [0.2, 0.25) is 5.02 Å². The summed E-state index contributed by atoms with van der Waals surface area (Å²) in [5.74, 6) is 0.603. The molecule has 2 aromatic rings. The quantitative estimate of drug-likeness (QED) is 0.883. The summed E-state index contributed by atoms with van der Waals surface area (Å²) in [6.07, 6.45) is 6.56. The summed E-state index contributed by atoms with van der Waals surface area (Å²) >= 11 is 6.05. The molecule has 0 aromatic carbocycles. The maximum Gasteiger partial charge on any atom is 0.214 e. The van der Waals surface area contributed by atoms with E-state index < -0.39 is 0 Å². The summed E-state index contributed by atoms with van der Waals surface area (Å²) in [7, 11) is 0.